The van der Waals surface area contributed by atoms with Gasteiger partial charge in [-0.15, -0.1) is 0 Å². The van der Waals surface area contributed by atoms with Crippen LogP contribution in [-0.4, -0.2) is 34.3 Å². The average Bonchev–Trinajstić information content (AvgIpc) is 2.60. The Labute approximate surface area is 88.9 Å². The molecule has 0 saturated carbocycles. The SMILES string of the molecule is CC1CCN(c2ncncc2N)C1CO. The Hall–Kier alpha value is -1.36. The van der Waals surface area contributed by atoms with E-state index in [4.69, 9.17) is 5.73 Å². The van der Waals surface area contributed by atoms with E-state index in [2.05, 4.69) is 21.8 Å². The molecule has 3 N–H and O–H groups in total. The van der Waals surface area contributed by atoms with Crippen LogP contribution < -0.4 is 10.6 Å². The molecule has 2 unspecified atom stereocenters. The maximum Gasteiger partial charge on any atom is 0.155 e. The van der Waals surface area contributed by atoms with E-state index in [1.165, 1.54) is 6.33 Å². The number of nitrogens with two attached hydrogens (primary N) is 1. The number of nitrogen functional groups attached to an aromatic ring is 1. The van der Waals surface area contributed by atoms with E-state index in [1.807, 2.05) is 0 Å². The summed E-state index contributed by atoms with van der Waals surface area (Å²) in [6, 6.07) is 0.127. The fraction of sp³-hybridized carbons (Fsp3) is 0.600. The molecule has 5 nitrogen and oxygen atoms in total. The van der Waals surface area contributed by atoms with Crippen LogP contribution in [0, 0.1) is 5.92 Å². The number of aromatic nitrogens is 2. The largest absolute Gasteiger partial charge is 0.394 e. The van der Waals surface area contributed by atoms with Gasteiger partial charge < -0.3 is 15.7 Å². The highest BCUT2D eigenvalue weighted by atomic mass is 16.3. The van der Waals surface area contributed by atoms with Crippen LogP contribution in [0.5, 0.6) is 0 Å². The molecule has 1 aliphatic rings. The van der Waals surface area contributed by atoms with Crippen LogP contribution in [0.4, 0.5) is 11.5 Å². The van der Waals surface area contributed by atoms with E-state index in [0.29, 0.717) is 11.6 Å². The summed E-state index contributed by atoms with van der Waals surface area (Å²) in [5, 5.41) is 9.33. The van der Waals surface area contributed by atoms with Crippen molar-refractivity contribution in [3.8, 4) is 0 Å². The molecule has 0 aromatic carbocycles. The van der Waals surface area contributed by atoms with Gasteiger partial charge in [0.25, 0.3) is 0 Å². The molecule has 2 atom stereocenters. The van der Waals surface area contributed by atoms with Crippen molar-refractivity contribution >= 4 is 11.5 Å². The topological polar surface area (TPSA) is 75.3 Å². The van der Waals surface area contributed by atoms with Crippen LogP contribution in [0.15, 0.2) is 12.5 Å². The van der Waals surface area contributed by atoms with Crippen molar-refractivity contribution in [3.05, 3.63) is 12.5 Å². The average molecular weight is 208 g/mol. The van der Waals surface area contributed by atoms with Crippen molar-refractivity contribution in [3.63, 3.8) is 0 Å². The molecule has 15 heavy (non-hydrogen) atoms. The van der Waals surface area contributed by atoms with Gasteiger partial charge in [0.1, 0.15) is 6.33 Å². The zero-order chi connectivity index (χ0) is 10.8. The highest BCUT2D eigenvalue weighted by molar-refractivity contribution is 5.62. The van der Waals surface area contributed by atoms with Crippen LogP contribution in [-0.2, 0) is 0 Å². The predicted octanol–water partition coefficient (Wildman–Crippen LogP) is 0.266. The Morgan fingerprint density at radius 1 is 1.67 bits per heavy atom. The maximum atomic E-state index is 9.33. The van der Waals surface area contributed by atoms with Gasteiger partial charge in [0.05, 0.1) is 24.5 Å². The molecule has 1 aromatic heterocycles. The molecule has 1 fully saturated rings. The van der Waals surface area contributed by atoms with Crippen LogP contribution in [0.1, 0.15) is 13.3 Å². The highest BCUT2D eigenvalue weighted by Crippen LogP contribution is 2.30. The van der Waals surface area contributed by atoms with E-state index in [9.17, 15) is 5.11 Å². The van der Waals surface area contributed by atoms with Gasteiger partial charge in [0.2, 0.25) is 0 Å². The van der Waals surface area contributed by atoms with Crippen molar-refractivity contribution in [2.45, 2.75) is 19.4 Å². The van der Waals surface area contributed by atoms with Crippen molar-refractivity contribution in [1.29, 1.82) is 0 Å². The summed E-state index contributed by atoms with van der Waals surface area (Å²) in [5.74, 6) is 1.22. The summed E-state index contributed by atoms with van der Waals surface area (Å²) in [6.07, 6.45) is 4.15. The molecular weight excluding hydrogens is 192 g/mol. The minimum Gasteiger partial charge on any atom is -0.394 e. The Morgan fingerprint density at radius 3 is 3.13 bits per heavy atom. The number of hydrogen-bond acceptors (Lipinski definition) is 5. The van der Waals surface area contributed by atoms with E-state index < -0.39 is 0 Å². The van der Waals surface area contributed by atoms with Gasteiger partial charge in [-0.1, -0.05) is 6.92 Å². The lowest BCUT2D eigenvalue weighted by molar-refractivity contribution is 0.244. The fourth-order valence-corrected chi connectivity index (χ4v) is 2.12. The van der Waals surface area contributed by atoms with Crippen molar-refractivity contribution in [1.82, 2.24) is 9.97 Å². The van der Waals surface area contributed by atoms with Crippen molar-refractivity contribution in [2.24, 2.45) is 5.92 Å². The summed E-state index contributed by atoms with van der Waals surface area (Å²) < 4.78 is 0. The van der Waals surface area contributed by atoms with E-state index in [1.54, 1.807) is 6.20 Å². The second kappa shape index (κ2) is 4.02. The van der Waals surface area contributed by atoms with Crippen molar-refractivity contribution < 1.29 is 5.11 Å². The van der Waals surface area contributed by atoms with Gasteiger partial charge in [-0.25, -0.2) is 9.97 Å². The van der Waals surface area contributed by atoms with Gasteiger partial charge in [-0.05, 0) is 12.3 Å². The first kappa shape index (κ1) is 10.2. The molecule has 5 heteroatoms. The van der Waals surface area contributed by atoms with Gasteiger partial charge in [0.15, 0.2) is 5.82 Å². The predicted molar refractivity (Wildman–Crippen MR) is 58.4 cm³/mol. The summed E-state index contributed by atoms with van der Waals surface area (Å²) in [7, 11) is 0. The third-order valence-corrected chi connectivity index (χ3v) is 3.06. The summed E-state index contributed by atoms with van der Waals surface area (Å²) in [5.41, 5.74) is 6.39. The second-order valence-corrected chi connectivity index (χ2v) is 4.01. The molecule has 82 valence electrons. The first-order chi connectivity index (χ1) is 7.24. The number of anilines is 2. The van der Waals surface area contributed by atoms with Gasteiger partial charge in [-0.2, -0.15) is 0 Å². The Balaban J connectivity index is 2.28. The lowest BCUT2D eigenvalue weighted by atomic mass is 10.0. The van der Waals surface area contributed by atoms with Gasteiger partial charge in [-0.3, -0.25) is 0 Å². The maximum absolute atomic E-state index is 9.33. The minimum absolute atomic E-state index is 0.127. The quantitative estimate of drug-likeness (QED) is 0.729. The van der Waals surface area contributed by atoms with E-state index in [0.717, 1.165) is 18.8 Å². The molecule has 0 aliphatic carbocycles. The molecule has 1 saturated heterocycles. The lowest BCUT2D eigenvalue weighted by Crippen LogP contribution is -2.36. The molecule has 2 heterocycles. The Bertz CT molecular complexity index is 344. The number of aliphatic hydroxyl groups excluding tert-OH is 1. The third kappa shape index (κ3) is 1.74. The lowest BCUT2D eigenvalue weighted by Gasteiger charge is -2.26. The molecule has 0 amide bonds. The first-order valence-corrected chi connectivity index (χ1v) is 5.17. The monoisotopic (exact) mass is 208 g/mol. The number of nitrogens with zero attached hydrogens (tertiary/aromatic N) is 3. The van der Waals surface area contributed by atoms with E-state index in [-0.39, 0.29) is 12.6 Å². The second-order valence-electron chi connectivity index (χ2n) is 4.01. The van der Waals surface area contributed by atoms with Crippen LogP contribution in [0.3, 0.4) is 0 Å². The van der Waals surface area contributed by atoms with Crippen LogP contribution in [0.2, 0.25) is 0 Å². The van der Waals surface area contributed by atoms with Gasteiger partial charge in [0, 0.05) is 6.54 Å². The number of aliphatic hydroxyl groups is 1. The normalized spacial score (nSPS) is 25.9. The number of rotatable bonds is 2. The molecule has 0 bridgehead atoms. The summed E-state index contributed by atoms with van der Waals surface area (Å²) >= 11 is 0. The summed E-state index contributed by atoms with van der Waals surface area (Å²) in [6.45, 7) is 3.18. The third-order valence-electron chi connectivity index (χ3n) is 3.06. The minimum atomic E-state index is 0.127. The molecule has 0 spiro atoms. The molecule has 2 rings (SSSR count). The molecule has 1 aliphatic heterocycles. The summed E-state index contributed by atoms with van der Waals surface area (Å²) in [4.78, 5) is 10.1. The van der Waals surface area contributed by atoms with E-state index >= 15 is 0 Å². The van der Waals surface area contributed by atoms with Crippen molar-refractivity contribution in [2.75, 3.05) is 23.8 Å². The molecule has 0 radical (unpaired) electrons. The zero-order valence-electron chi connectivity index (χ0n) is 8.80. The number of hydrogen-bond donors (Lipinski definition) is 2. The molecular formula is C10H16N4O. The zero-order valence-corrected chi connectivity index (χ0v) is 8.80. The Kier molecular flexibility index (Phi) is 2.73. The standard InChI is InChI=1S/C10H16N4O/c1-7-2-3-14(9(7)5-15)10-8(11)4-12-6-13-10/h4,6-7,9,15H,2-3,5,11H2,1H3. The first-order valence-electron chi connectivity index (χ1n) is 5.17. The van der Waals surface area contributed by atoms with Gasteiger partial charge >= 0.3 is 0 Å². The highest BCUT2D eigenvalue weighted by Gasteiger charge is 2.32. The van der Waals surface area contributed by atoms with Crippen LogP contribution in [0.25, 0.3) is 0 Å². The Morgan fingerprint density at radius 2 is 2.47 bits per heavy atom. The smallest absolute Gasteiger partial charge is 0.155 e. The fourth-order valence-electron chi connectivity index (χ4n) is 2.12. The van der Waals surface area contributed by atoms with Crippen LogP contribution >= 0.6 is 0 Å². The molecule has 1 aromatic rings.